The number of para-hydroxylation sites is 1. The number of hydrogen-bond acceptors (Lipinski definition) is 4. The fraction of sp³-hybridized carbons (Fsp3) is 0.250. The predicted molar refractivity (Wildman–Crippen MR) is 132 cm³/mol. The highest BCUT2D eigenvalue weighted by Gasteiger charge is 2.25. The van der Waals surface area contributed by atoms with Crippen LogP contribution in [0.15, 0.2) is 72.3 Å². The van der Waals surface area contributed by atoms with E-state index in [0.29, 0.717) is 25.1 Å². The van der Waals surface area contributed by atoms with E-state index in [-0.39, 0.29) is 6.04 Å². The van der Waals surface area contributed by atoms with E-state index in [1.54, 1.807) is 7.11 Å². The Bertz CT molecular complexity index is 1180. The van der Waals surface area contributed by atoms with E-state index in [0.717, 1.165) is 39.4 Å². The normalized spacial score (nSPS) is 15.3. The van der Waals surface area contributed by atoms with Gasteiger partial charge in [-0.25, -0.2) is 4.79 Å². The second-order valence-corrected chi connectivity index (χ2v) is 8.21. The minimum absolute atomic E-state index is 0.0152. The molecule has 3 aromatic rings. The fourth-order valence-electron chi connectivity index (χ4n) is 4.36. The van der Waals surface area contributed by atoms with Crippen molar-refractivity contribution in [3.8, 4) is 22.6 Å². The van der Waals surface area contributed by atoms with Crippen LogP contribution in [0.3, 0.4) is 0 Å². The first-order valence-electron chi connectivity index (χ1n) is 11.2. The van der Waals surface area contributed by atoms with E-state index in [9.17, 15) is 9.90 Å². The average molecular weight is 444 g/mol. The van der Waals surface area contributed by atoms with Crippen molar-refractivity contribution in [3.05, 3.63) is 83.4 Å². The van der Waals surface area contributed by atoms with E-state index in [2.05, 4.69) is 36.1 Å². The molecule has 0 saturated carbocycles. The maximum Gasteiger partial charge on any atom is 0.331 e. The average Bonchev–Trinajstić information content (AvgIpc) is 2.96. The van der Waals surface area contributed by atoms with Gasteiger partial charge in [0, 0.05) is 29.4 Å². The van der Waals surface area contributed by atoms with Crippen LogP contribution in [-0.2, 0) is 11.3 Å². The molecule has 1 heterocycles. The molecule has 1 unspecified atom stereocenters. The Hall–Kier alpha value is -3.73. The summed E-state index contributed by atoms with van der Waals surface area (Å²) in [4.78, 5) is 14.3. The van der Waals surface area contributed by atoms with Crippen molar-refractivity contribution >= 4 is 17.7 Å². The molecule has 33 heavy (non-hydrogen) atoms. The Kier molecular flexibility index (Phi) is 6.68. The number of fused-ring (bicyclic) bond motifs is 1. The molecule has 0 fully saturated rings. The fourth-order valence-corrected chi connectivity index (χ4v) is 4.36. The van der Waals surface area contributed by atoms with E-state index in [1.165, 1.54) is 0 Å². The molecule has 4 rings (SSSR count). The summed E-state index contributed by atoms with van der Waals surface area (Å²) < 4.78 is 11.2. The smallest absolute Gasteiger partial charge is 0.331 e. The lowest BCUT2D eigenvalue weighted by Gasteiger charge is -2.31. The number of anilines is 1. The van der Waals surface area contributed by atoms with Crippen LogP contribution < -0.4 is 14.4 Å². The summed E-state index contributed by atoms with van der Waals surface area (Å²) in [6.45, 7) is 5.27. The third-order valence-electron chi connectivity index (χ3n) is 5.97. The largest absolute Gasteiger partial charge is 0.497 e. The van der Waals surface area contributed by atoms with Gasteiger partial charge in [0.05, 0.1) is 13.7 Å². The Labute approximate surface area is 194 Å². The first-order valence-corrected chi connectivity index (χ1v) is 11.2. The molecule has 0 bridgehead atoms. The van der Waals surface area contributed by atoms with Crippen LogP contribution in [0.5, 0.6) is 11.5 Å². The first kappa shape index (κ1) is 22.5. The number of aliphatic carboxylic acids is 1. The molecule has 0 amide bonds. The summed E-state index contributed by atoms with van der Waals surface area (Å²) in [6, 6.07) is 22.2. The van der Waals surface area contributed by atoms with Crippen LogP contribution in [0, 0.1) is 0 Å². The van der Waals surface area contributed by atoms with Gasteiger partial charge in [0.15, 0.2) is 0 Å². The Morgan fingerprint density at radius 2 is 1.91 bits per heavy atom. The number of benzene rings is 3. The Morgan fingerprint density at radius 1 is 1.09 bits per heavy atom. The van der Waals surface area contributed by atoms with Gasteiger partial charge in [0.25, 0.3) is 0 Å². The predicted octanol–water partition coefficient (Wildman–Crippen LogP) is 6.03. The van der Waals surface area contributed by atoms with Gasteiger partial charge in [-0.15, -0.1) is 0 Å². The highest BCUT2D eigenvalue weighted by atomic mass is 16.5. The molecule has 0 saturated heterocycles. The van der Waals surface area contributed by atoms with Gasteiger partial charge in [-0.3, -0.25) is 0 Å². The number of ether oxygens (including phenoxy) is 2. The lowest BCUT2D eigenvalue weighted by molar-refractivity contribution is -0.132. The van der Waals surface area contributed by atoms with Crippen molar-refractivity contribution in [2.24, 2.45) is 0 Å². The van der Waals surface area contributed by atoms with Gasteiger partial charge in [-0.1, -0.05) is 36.4 Å². The third kappa shape index (κ3) is 4.87. The maximum atomic E-state index is 12.0. The van der Waals surface area contributed by atoms with Crippen molar-refractivity contribution in [1.29, 1.82) is 0 Å². The van der Waals surface area contributed by atoms with Gasteiger partial charge in [-0.05, 0) is 73.4 Å². The first-order chi connectivity index (χ1) is 16.0. The van der Waals surface area contributed by atoms with Crippen LogP contribution in [0.2, 0.25) is 0 Å². The van der Waals surface area contributed by atoms with E-state index in [4.69, 9.17) is 9.47 Å². The van der Waals surface area contributed by atoms with Gasteiger partial charge in [0.1, 0.15) is 11.5 Å². The number of carboxylic acid groups (broad SMARTS) is 1. The van der Waals surface area contributed by atoms with Crippen molar-refractivity contribution in [2.75, 3.05) is 18.6 Å². The summed E-state index contributed by atoms with van der Waals surface area (Å²) in [5, 5.41) is 9.83. The molecule has 0 spiro atoms. The quantitative estimate of drug-likeness (QED) is 0.483. The van der Waals surface area contributed by atoms with Crippen molar-refractivity contribution < 1.29 is 19.4 Å². The van der Waals surface area contributed by atoms with E-state index >= 15 is 0 Å². The summed E-state index contributed by atoms with van der Waals surface area (Å²) in [5.74, 6) is 0.746. The van der Waals surface area contributed by atoms with Crippen molar-refractivity contribution in [1.82, 2.24) is 0 Å². The number of carbonyl (C=O) groups is 1. The molecular weight excluding hydrogens is 414 g/mol. The molecule has 0 radical (unpaired) electrons. The molecule has 5 nitrogen and oxygen atoms in total. The zero-order valence-corrected chi connectivity index (χ0v) is 19.2. The molecule has 1 N–H and O–H groups in total. The SMILES string of the molecule is CCOc1ccccc1-c1ccc2c(c1)C=C(C(=O)O)CC(C)N2Cc1cccc(OC)c1. The lowest BCUT2D eigenvalue weighted by Crippen LogP contribution is -2.33. The standard InChI is InChI=1S/C28H29NO4/c1-4-33-27-11-6-5-10-25(27)21-12-13-26-22(16-21)17-23(28(30)31)14-19(2)29(26)18-20-8-7-9-24(15-20)32-3/h5-13,15-17,19H,4,14,18H2,1-3H3,(H,30,31). The monoisotopic (exact) mass is 443 g/mol. The number of nitrogens with zero attached hydrogens (tertiary/aromatic N) is 1. The number of rotatable bonds is 7. The Balaban J connectivity index is 1.79. The summed E-state index contributed by atoms with van der Waals surface area (Å²) in [5.41, 5.74) is 5.41. The highest BCUT2D eigenvalue weighted by Crippen LogP contribution is 2.38. The summed E-state index contributed by atoms with van der Waals surface area (Å²) in [6.07, 6.45) is 2.27. The lowest BCUT2D eigenvalue weighted by atomic mass is 9.99. The van der Waals surface area contributed by atoms with Crippen molar-refractivity contribution in [2.45, 2.75) is 32.9 Å². The second-order valence-electron chi connectivity index (χ2n) is 8.21. The van der Waals surface area contributed by atoms with Gasteiger partial charge in [0.2, 0.25) is 0 Å². The van der Waals surface area contributed by atoms with Crippen LogP contribution in [0.4, 0.5) is 5.69 Å². The molecular formula is C28H29NO4. The molecule has 1 aliphatic rings. The maximum absolute atomic E-state index is 12.0. The molecule has 0 aromatic heterocycles. The molecule has 0 aliphatic carbocycles. The second kappa shape index (κ2) is 9.82. The number of methoxy groups -OCH3 is 1. The number of carboxylic acids is 1. The minimum atomic E-state index is -0.879. The molecule has 170 valence electrons. The van der Waals surface area contributed by atoms with Crippen LogP contribution in [-0.4, -0.2) is 30.8 Å². The van der Waals surface area contributed by atoms with E-state index < -0.39 is 5.97 Å². The Morgan fingerprint density at radius 3 is 2.67 bits per heavy atom. The zero-order chi connectivity index (χ0) is 23.4. The summed E-state index contributed by atoms with van der Waals surface area (Å²) >= 11 is 0. The molecule has 3 aromatic carbocycles. The summed E-state index contributed by atoms with van der Waals surface area (Å²) in [7, 11) is 1.66. The number of hydrogen-bond donors (Lipinski definition) is 1. The zero-order valence-electron chi connectivity index (χ0n) is 19.2. The third-order valence-corrected chi connectivity index (χ3v) is 5.97. The van der Waals surface area contributed by atoms with Crippen LogP contribution in [0.25, 0.3) is 17.2 Å². The minimum Gasteiger partial charge on any atom is -0.497 e. The van der Waals surface area contributed by atoms with Gasteiger partial charge >= 0.3 is 5.97 Å². The van der Waals surface area contributed by atoms with Gasteiger partial charge < -0.3 is 19.5 Å². The highest BCUT2D eigenvalue weighted by molar-refractivity contribution is 5.95. The van der Waals surface area contributed by atoms with Crippen LogP contribution in [0.1, 0.15) is 31.4 Å². The van der Waals surface area contributed by atoms with Crippen LogP contribution >= 0.6 is 0 Å². The van der Waals surface area contributed by atoms with Crippen molar-refractivity contribution in [3.63, 3.8) is 0 Å². The topological polar surface area (TPSA) is 59.0 Å². The van der Waals surface area contributed by atoms with Gasteiger partial charge in [-0.2, -0.15) is 0 Å². The molecule has 1 atom stereocenters. The molecule has 1 aliphatic heterocycles. The molecule has 5 heteroatoms. The van der Waals surface area contributed by atoms with E-state index in [1.807, 2.05) is 55.5 Å².